The van der Waals surface area contributed by atoms with Crippen LogP contribution in [0.25, 0.3) is 0 Å². The molecule has 0 unspecified atom stereocenters. The number of likely N-dealkylation sites (N-methyl/N-ethyl adjacent to an activating group) is 1. The normalized spacial score (nSPS) is 15.3. The zero-order valence-electron chi connectivity index (χ0n) is 12.2. The number of anilines is 2. The monoisotopic (exact) mass is 303 g/mol. The molecule has 0 amide bonds. The van der Waals surface area contributed by atoms with E-state index in [-0.39, 0.29) is 11.6 Å². The summed E-state index contributed by atoms with van der Waals surface area (Å²) in [5.74, 6) is -0.797. The number of halogens is 3. The molecular formula is C13H20F3N5. The van der Waals surface area contributed by atoms with Crippen LogP contribution in [0.5, 0.6) is 0 Å². The number of nitrogens with one attached hydrogen (secondary N) is 2. The summed E-state index contributed by atoms with van der Waals surface area (Å²) in [7, 11) is 1.53. The highest BCUT2D eigenvalue weighted by Crippen LogP contribution is 2.28. The molecule has 0 radical (unpaired) electrons. The van der Waals surface area contributed by atoms with E-state index < -0.39 is 12.0 Å². The lowest BCUT2D eigenvalue weighted by Crippen LogP contribution is -2.31. The molecule has 1 aliphatic carbocycles. The molecule has 0 aliphatic heterocycles. The van der Waals surface area contributed by atoms with Gasteiger partial charge in [-0.25, -0.2) is 9.97 Å². The van der Waals surface area contributed by atoms with Gasteiger partial charge in [0.25, 0.3) is 0 Å². The van der Waals surface area contributed by atoms with E-state index in [2.05, 4.69) is 32.4 Å². The second-order valence-electron chi connectivity index (χ2n) is 5.00. The first-order valence-electron chi connectivity index (χ1n) is 7.06. The molecule has 0 spiro atoms. The number of hydrogen-bond acceptors (Lipinski definition) is 5. The van der Waals surface area contributed by atoms with Crippen LogP contribution in [0.1, 0.15) is 25.6 Å². The minimum absolute atomic E-state index is 0.148. The summed E-state index contributed by atoms with van der Waals surface area (Å²) in [4.78, 5) is 9.27. The van der Waals surface area contributed by atoms with Crippen LogP contribution in [0, 0.1) is 0 Å². The Morgan fingerprint density at radius 3 is 2.48 bits per heavy atom. The number of aromatic nitrogens is 2. The third kappa shape index (κ3) is 4.45. The van der Waals surface area contributed by atoms with Crippen LogP contribution in [0.4, 0.5) is 24.8 Å². The van der Waals surface area contributed by atoms with Gasteiger partial charge in [0.1, 0.15) is 11.6 Å². The van der Waals surface area contributed by atoms with Gasteiger partial charge in [-0.05, 0) is 19.4 Å². The molecule has 0 bridgehead atoms. The average molecular weight is 303 g/mol. The lowest BCUT2D eigenvalue weighted by atomic mass is 10.4. The zero-order chi connectivity index (χ0) is 15.5. The SMILES string of the molecule is CCN(CCNc1cc(NC)nc(C(F)(F)F)n1)C1CC1. The molecule has 0 atom stereocenters. The molecule has 0 saturated heterocycles. The maximum Gasteiger partial charge on any atom is 0.451 e. The van der Waals surface area contributed by atoms with Crippen LogP contribution in [-0.2, 0) is 6.18 Å². The van der Waals surface area contributed by atoms with Crippen molar-refractivity contribution in [2.75, 3.05) is 37.3 Å². The minimum Gasteiger partial charge on any atom is -0.373 e. The fourth-order valence-electron chi connectivity index (χ4n) is 2.16. The third-order valence-electron chi connectivity index (χ3n) is 3.41. The molecule has 5 nitrogen and oxygen atoms in total. The van der Waals surface area contributed by atoms with E-state index in [1.165, 1.54) is 26.0 Å². The summed E-state index contributed by atoms with van der Waals surface area (Å²) < 4.78 is 38.1. The summed E-state index contributed by atoms with van der Waals surface area (Å²) in [5, 5.41) is 5.56. The van der Waals surface area contributed by atoms with Gasteiger partial charge in [-0.15, -0.1) is 0 Å². The number of rotatable bonds is 7. The first-order valence-corrected chi connectivity index (χ1v) is 7.06. The molecule has 8 heteroatoms. The predicted octanol–water partition coefficient (Wildman–Crippen LogP) is 2.43. The van der Waals surface area contributed by atoms with Crippen LogP contribution < -0.4 is 10.6 Å². The van der Waals surface area contributed by atoms with Crippen molar-refractivity contribution in [3.8, 4) is 0 Å². The first-order chi connectivity index (χ1) is 9.94. The van der Waals surface area contributed by atoms with Gasteiger partial charge in [-0.1, -0.05) is 6.92 Å². The van der Waals surface area contributed by atoms with E-state index in [1.54, 1.807) is 0 Å². The molecule has 1 aromatic rings. The fourth-order valence-corrected chi connectivity index (χ4v) is 2.16. The standard InChI is InChI=1S/C13H20F3N5/c1-3-21(9-4-5-9)7-6-18-11-8-10(17-2)19-12(20-11)13(14,15)16/h8-9H,3-7H2,1-2H3,(H2,17,18,19,20). The predicted molar refractivity (Wildman–Crippen MR) is 75.3 cm³/mol. The molecule has 118 valence electrons. The van der Waals surface area contributed by atoms with E-state index >= 15 is 0 Å². The number of nitrogens with zero attached hydrogens (tertiary/aromatic N) is 3. The van der Waals surface area contributed by atoms with Gasteiger partial charge >= 0.3 is 6.18 Å². The van der Waals surface area contributed by atoms with Crippen molar-refractivity contribution in [3.63, 3.8) is 0 Å². The first kappa shape index (κ1) is 15.8. The minimum atomic E-state index is -4.55. The summed E-state index contributed by atoms with van der Waals surface area (Å²) in [6.45, 7) is 4.39. The number of hydrogen-bond donors (Lipinski definition) is 2. The molecule has 21 heavy (non-hydrogen) atoms. The van der Waals surface area contributed by atoms with Crippen LogP contribution in [0.3, 0.4) is 0 Å². The van der Waals surface area contributed by atoms with Crippen LogP contribution in [0.15, 0.2) is 6.07 Å². The van der Waals surface area contributed by atoms with E-state index in [4.69, 9.17) is 0 Å². The summed E-state index contributed by atoms with van der Waals surface area (Å²) >= 11 is 0. The summed E-state index contributed by atoms with van der Waals surface area (Å²) in [5.41, 5.74) is 0. The van der Waals surface area contributed by atoms with Crippen LogP contribution in [-0.4, -0.2) is 47.6 Å². The van der Waals surface area contributed by atoms with Crippen molar-refractivity contribution in [2.45, 2.75) is 32.0 Å². The zero-order valence-corrected chi connectivity index (χ0v) is 12.2. The average Bonchev–Trinajstić information content (AvgIpc) is 3.27. The second-order valence-corrected chi connectivity index (χ2v) is 5.00. The van der Waals surface area contributed by atoms with Crippen molar-refractivity contribution in [1.29, 1.82) is 0 Å². The van der Waals surface area contributed by atoms with Crippen molar-refractivity contribution in [1.82, 2.24) is 14.9 Å². The Labute approximate surface area is 122 Å². The molecule has 0 aromatic carbocycles. The Bertz CT molecular complexity index is 473. The smallest absolute Gasteiger partial charge is 0.373 e. The molecule has 1 heterocycles. The highest BCUT2D eigenvalue weighted by Gasteiger charge is 2.35. The van der Waals surface area contributed by atoms with E-state index in [1.807, 2.05) is 0 Å². The summed E-state index contributed by atoms with van der Waals surface area (Å²) in [6.07, 6.45) is -2.13. The maximum atomic E-state index is 12.7. The highest BCUT2D eigenvalue weighted by molar-refractivity contribution is 5.47. The second kappa shape index (κ2) is 6.46. The van der Waals surface area contributed by atoms with Gasteiger partial charge in [-0.2, -0.15) is 13.2 Å². The Morgan fingerprint density at radius 1 is 1.29 bits per heavy atom. The molecular weight excluding hydrogens is 283 g/mol. The van der Waals surface area contributed by atoms with E-state index in [0.29, 0.717) is 12.6 Å². The van der Waals surface area contributed by atoms with Gasteiger partial charge in [0.2, 0.25) is 5.82 Å². The van der Waals surface area contributed by atoms with Gasteiger partial charge in [-0.3, -0.25) is 4.90 Å². The van der Waals surface area contributed by atoms with Crippen molar-refractivity contribution in [3.05, 3.63) is 11.9 Å². The maximum absolute atomic E-state index is 12.7. The Kier molecular flexibility index (Phi) is 4.87. The third-order valence-corrected chi connectivity index (χ3v) is 3.41. The molecule has 1 fully saturated rings. The Morgan fingerprint density at radius 2 is 1.95 bits per heavy atom. The van der Waals surface area contributed by atoms with Gasteiger partial charge in [0.05, 0.1) is 0 Å². The Hall–Kier alpha value is -1.57. The highest BCUT2D eigenvalue weighted by atomic mass is 19.4. The molecule has 2 rings (SSSR count). The van der Waals surface area contributed by atoms with Gasteiger partial charge in [0.15, 0.2) is 0 Å². The Balaban J connectivity index is 1.98. The lowest BCUT2D eigenvalue weighted by Gasteiger charge is -2.20. The molecule has 1 aliphatic rings. The topological polar surface area (TPSA) is 53.1 Å². The fraction of sp³-hybridized carbons (Fsp3) is 0.692. The van der Waals surface area contributed by atoms with Crippen molar-refractivity contribution < 1.29 is 13.2 Å². The van der Waals surface area contributed by atoms with Crippen molar-refractivity contribution in [2.24, 2.45) is 0 Å². The van der Waals surface area contributed by atoms with E-state index in [9.17, 15) is 13.2 Å². The quantitative estimate of drug-likeness (QED) is 0.810. The van der Waals surface area contributed by atoms with Crippen LogP contribution >= 0.6 is 0 Å². The largest absolute Gasteiger partial charge is 0.451 e. The van der Waals surface area contributed by atoms with E-state index in [0.717, 1.165) is 13.1 Å². The molecule has 1 aromatic heterocycles. The molecule has 1 saturated carbocycles. The molecule has 2 N–H and O–H groups in total. The lowest BCUT2D eigenvalue weighted by molar-refractivity contribution is -0.144. The number of alkyl halides is 3. The van der Waals surface area contributed by atoms with Gasteiger partial charge in [0, 0.05) is 32.2 Å². The van der Waals surface area contributed by atoms with Crippen LogP contribution in [0.2, 0.25) is 0 Å². The van der Waals surface area contributed by atoms with Gasteiger partial charge < -0.3 is 10.6 Å². The summed E-state index contributed by atoms with van der Waals surface area (Å²) in [6, 6.07) is 2.11. The van der Waals surface area contributed by atoms with Crippen molar-refractivity contribution >= 4 is 11.6 Å².